The Morgan fingerprint density at radius 2 is 1.85 bits per heavy atom. The van der Waals surface area contributed by atoms with Crippen LogP contribution in [0.1, 0.15) is 41.4 Å². The molecule has 1 aromatic heterocycles. The number of carbonyl (C=O) groups excluding carboxylic acids is 1. The fraction of sp³-hybridized carbons (Fsp3) is 0.190. The molecule has 0 saturated carbocycles. The molecule has 134 valence electrons. The lowest BCUT2D eigenvalue weighted by Gasteiger charge is -2.10. The fourth-order valence-corrected chi connectivity index (χ4v) is 2.83. The molecule has 0 aliphatic carbocycles. The summed E-state index contributed by atoms with van der Waals surface area (Å²) in [5, 5.41) is 12.5. The van der Waals surface area contributed by atoms with Gasteiger partial charge in [0.2, 0.25) is 0 Å². The van der Waals surface area contributed by atoms with E-state index >= 15 is 0 Å². The number of amides is 1. The summed E-state index contributed by atoms with van der Waals surface area (Å²) in [4.78, 5) is 12.5. The van der Waals surface area contributed by atoms with Crippen molar-refractivity contribution >= 4 is 23.2 Å². The second-order valence-corrected chi connectivity index (χ2v) is 6.76. The minimum Gasteiger partial charge on any atom is -0.459 e. The van der Waals surface area contributed by atoms with Crippen LogP contribution < -0.4 is 5.32 Å². The number of aliphatic hydroxyl groups excluding tert-OH is 1. The van der Waals surface area contributed by atoms with Crippen LogP contribution in [0.3, 0.4) is 0 Å². The zero-order valence-corrected chi connectivity index (χ0v) is 15.4. The predicted octanol–water partition coefficient (Wildman–Crippen LogP) is 5.47. The number of anilines is 1. The third kappa shape index (κ3) is 3.98. The summed E-state index contributed by atoms with van der Waals surface area (Å²) in [5.41, 5.74) is 3.04. The molecule has 0 fully saturated rings. The summed E-state index contributed by atoms with van der Waals surface area (Å²) >= 11 is 6.25. The Bertz CT molecular complexity index is 913. The Labute approximate surface area is 157 Å². The summed E-state index contributed by atoms with van der Waals surface area (Å²) in [6, 6.07) is 16.2. The lowest BCUT2D eigenvalue weighted by Crippen LogP contribution is -2.12. The normalized spacial score (nSPS) is 11.0. The van der Waals surface area contributed by atoms with Gasteiger partial charge in [-0.2, -0.15) is 0 Å². The van der Waals surface area contributed by atoms with E-state index in [9.17, 15) is 4.79 Å². The predicted molar refractivity (Wildman–Crippen MR) is 104 cm³/mol. The monoisotopic (exact) mass is 369 g/mol. The van der Waals surface area contributed by atoms with Crippen molar-refractivity contribution in [3.8, 4) is 11.3 Å². The molecule has 4 nitrogen and oxygen atoms in total. The number of hydrogen-bond donors (Lipinski definition) is 2. The van der Waals surface area contributed by atoms with Crippen LogP contribution in [0.15, 0.2) is 59.0 Å². The van der Waals surface area contributed by atoms with Gasteiger partial charge in [0.15, 0.2) is 0 Å². The van der Waals surface area contributed by atoms with Gasteiger partial charge in [0.25, 0.3) is 5.91 Å². The molecule has 5 heteroatoms. The molecular formula is C21H20ClNO3. The number of aliphatic hydroxyl groups is 1. The van der Waals surface area contributed by atoms with Crippen LogP contribution in [0.4, 0.5) is 5.69 Å². The van der Waals surface area contributed by atoms with E-state index in [4.69, 9.17) is 21.1 Å². The minimum absolute atomic E-state index is 0.180. The SMILES string of the molecule is CC(C)c1ccc(C(=O)Nc2ccc(Cl)c(-c3ccc(CO)o3)c2)cc1. The van der Waals surface area contributed by atoms with Gasteiger partial charge >= 0.3 is 0 Å². The molecule has 0 aliphatic rings. The second-order valence-electron chi connectivity index (χ2n) is 6.35. The van der Waals surface area contributed by atoms with E-state index in [0.717, 1.165) is 0 Å². The molecular weight excluding hydrogens is 350 g/mol. The summed E-state index contributed by atoms with van der Waals surface area (Å²) < 4.78 is 5.53. The number of rotatable bonds is 5. The van der Waals surface area contributed by atoms with Gasteiger partial charge in [0.1, 0.15) is 18.1 Å². The Morgan fingerprint density at radius 1 is 1.12 bits per heavy atom. The van der Waals surface area contributed by atoms with E-state index < -0.39 is 0 Å². The fourth-order valence-electron chi connectivity index (χ4n) is 2.62. The second kappa shape index (κ2) is 7.77. The summed E-state index contributed by atoms with van der Waals surface area (Å²) in [7, 11) is 0. The highest BCUT2D eigenvalue weighted by Gasteiger charge is 2.12. The third-order valence-electron chi connectivity index (χ3n) is 4.15. The molecule has 3 rings (SSSR count). The topological polar surface area (TPSA) is 62.5 Å². The van der Waals surface area contributed by atoms with Crippen molar-refractivity contribution in [2.45, 2.75) is 26.4 Å². The van der Waals surface area contributed by atoms with Gasteiger partial charge in [-0.25, -0.2) is 0 Å². The van der Waals surface area contributed by atoms with Crippen LogP contribution >= 0.6 is 11.6 Å². The van der Waals surface area contributed by atoms with Crippen LogP contribution in [0.2, 0.25) is 5.02 Å². The van der Waals surface area contributed by atoms with Gasteiger partial charge in [0, 0.05) is 16.8 Å². The van der Waals surface area contributed by atoms with Crippen LogP contribution in [-0.4, -0.2) is 11.0 Å². The summed E-state index contributed by atoms with van der Waals surface area (Å²) in [5.74, 6) is 1.22. The van der Waals surface area contributed by atoms with Crippen molar-refractivity contribution in [3.63, 3.8) is 0 Å². The number of benzene rings is 2. The number of carbonyl (C=O) groups is 1. The molecule has 0 unspecified atom stereocenters. The molecule has 0 saturated heterocycles. The van der Waals surface area contributed by atoms with Gasteiger partial charge < -0.3 is 14.8 Å². The van der Waals surface area contributed by atoms with Gasteiger partial charge in [-0.1, -0.05) is 37.6 Å². The number of nitrogens with one attached hydrogen (secondary N) is 1. The number of hydrogen-bond acceptors (Lipinski definition) is 3. The molecule has 0 atom stereocenters. The highest BCUT2D eigenvalue weighted by molar-refractivity contribution is 6.33. The molecule has 2 aromatic carbocycles. The lowest BCUT2D eigenvalue weighted by atomic mass is 10.0. The molecule has 26 heavy (non-hydrogen) atoms. The molecule has 0 aliphatic heterocycles. The van der Waals surface area contributed by atoms with Crippen LogP contribution in [0, 0.1) is 0 Å². The maximum Gasteiger partial charge on any atom is 0.255 e. The van der Waals surface area contributed by atoms with Crippen molar-refractivity contribution in [2.75, 3.05) is 5.32 Å². The Balaban J connectivity index is 1.81. The molecule has 0 spiro atoms. The number of halogens is 1. The molecule has 1 amide bonds. The Kier molecular flexibility index (Phi) is 5.45. The van der Waals surface area contributed by atoms with Crippen LogP contribution in [0.5, 0.6) is 0 Å². The minimum atomic E-state index is -0.191. The molecule has 2 N–H and O–H groups in total. The van der Waals surface area contributed by atoms with E-state index in [1.807, 2.05) is 24.3 Å². The molecule has 0 radical (unpaired) electrons. The van der Waals surface area contributed by atoms with Crippen molar-refractivity contribution in [2.24, 2.45) is 0 Å². The first kappa shape index (κ1) is 18.2. The standard InChI is InChI=1S/C21H20ClNO3/c1-13(2)14-3-5-15(6-4-14)21(25)23-16-7-9-19(22)18(11-16)20-10-8-17(12-24)26-20/h3-11,13,24H,12H2,1-2H3,(H,23,25). The van der Waals surface area contributed by atoms with Gasteiger partial charge in [-0.05, 0) is 53.9 Å². The first-order chi connectivity index (χ1) is 12.5. The highest BCUT2D eigenvalue weighted by atomic mass is 35.5. The van der Waals surface area contributed by atoms with E-state index in [-0.39, 0.29) is 12.5 Å². The van der Waals surface area contributed by atoms with E-state index in [1.54, 1.807) is 30.3 Å². The molecule has 1 heterocycles. The Hall–Kier alpha value is -2.56. The summed E-state index contributed by atoms with van der Waals surface area (Å²) in [6.07, 6.45) is 0. The van der Waals surface area contributed by atoms with Gasteiger partial charge in [0.05, 0.1) is 5.02 Å². The maximum absolute atomic E-state index is 12.5. The zero-order valence-electron chi connectivity index (χ0n) is 14.6. The van der Waals surface area contributed by atoms with Crippen molar-refractivity contribution in [1.82, 2.24) is 0 Å². The third-order valence-corrected chi connectivity index (χ3v) is 4.48. The van der Waals surface area contributed by atoms with Crippen molar-refractivity contribution < 1.29 is 14.3 Å². The lowest BCUT2D eigenvalue weighted by molar-refractivity contribution is 0.102. The van der Waals surface area contributed by atoms with E-state index in [2.05, 4.69) is 19.2 Å². The smallest absolute Gasteiger partial charge is 0.255 e. The largest absolute Gasteiger partial charge is 0.459 e. The van der Waals surface area contributed by atoms with E-state index in [0.29, 0.717) is 39.3 Å². The summed E-state index contributed by atoms with van der Waals surface area (Å²) in [6.45, 7) is 4.04. The molecule has 0 bridgehead atoms. The first-order valence-electron chi connectivity index (χ1n) is 8.38. The average molecular weight is 370 g/mol. The number of furan rings is 1. The van der Waals surface area contributed by atoms with Gasteiger partial charge in [-0.3, -0.25) is 4.79 Å². The highest BCUT2D eigenvalue weighted by Crippen LogP contribution is 2.32. The van der Waals surface area contributed by atoms with E-state index in [1.165, 1.54) is 5.56 Å². The molecule has 3 aromatic rings. The maximum atomic E-state index is 12.5. The zero-order chi connectivity index (χ0) is 18.7. The Morgan fingerprint density at radius 3 is 2.46 bits per heavy atom. The quantitative estimate of drug-likeness (QED) is 0.627. The van der Waals surface area contributed by atoms with Crippen LogP contribution in [0.25, 0.3) is 11.3 Å². The van der Waals surface area contributed by atoms with Crippen molar-refractivity contribution in [3.05, 3.63) is 76.5 Å². The average Bonchev–Trinajstić information content (AvgIpc) is 3.12. The first-order valence-corrected chi connectivity index (χ1v) is 8.76. The van der Waals surface area contributed by atoms with Gasteiger partial charge in [-0.15, -0.1) is 0 Å². The van der Waals surface area contributed by atoms with Crippen LogP contribution in [-0.2, 0) is 6.61 Å². The van der Waals surface area contributed by atoms with Crippen molar-refractivity contribution in [1.29, 1.82) is 0 Å².